The minimum absolute atomic E-state index is 0.0244. The lowest BCUT2D eigenvalue weighted by Gasteiger charge is -2.40. The van der Waals surface area contributed by atoms with E-state index in [-0.39, 0.29) is 17.1 Å². The number of rotatable bonds is 5. The van der Waals surface area contributed by atoms with Crippen molar-refractivity contribution in [1.82, 2.24) is 20.0 Å². The molecular weight excluding hydrogens is 395 g/mol. The molecule has 2 fully saturated rings. The maximum atomic E-state index is 13.3. The molecule has 1 aliphatic heterocycles. The average Bonchev–Trinajstić information content (AvgIpc) is 3.45. The molecule has 7 heteroatoms. The van der Waals surface area contributed by atoms with Crippen LogP contribution in [0.25, 0.3) is 11.5 Å². The van der Waals surface area contributed by atoms with Crippen LogP contribution in [0.15, 0.2) is 47.2 Å². The van der Waals surface area contributed by atoms with Gasteiger partial charge in [0.05, 0.1) is 5.56 Å². The monoisotopic (exact) mass is 420 g/mol. The molecule has 0 radical (unpaired) electrons. The third kappa shape index (κ3) is 4.09. The van der Waals surface area contributed by atoms with Crippen molar-refractivity contribution in [1.29, 1.82) is 0 Å². The van der Waals surface area contributed by atoms with E-state index in [0.29, 0.717) is 41.8 Å². The van der Waals surface area contributed by atoms with Gasteiger partial charge >= 0.3 is 0 Å². The van der Waals surface area contributed by atoms with E-state index >= 15 is 0 Å². The largest absolute Gasteiger partial charge is 0.339 e. The molecule has 1 amide bonds. The van der Waals surface area contributed by atoms with Crippen molar-refractivity contribution in [2.24, 2.45) is 5.92 Å². The molecule has 1 saturated heterocycles. The molecular formula is C24H25FN4O2. The third-order valence-corrected chi connectivity index (χ3v) is 6.50. The van der Waals surface area contributed by atoms with E-state index in [1.165, 1.54) is 25.0 Å². The van der Waals surface area contributed by atoms with E-state index in [0.717, 1.165) is 24.8 Å². The summed E-state index contributed by atoms with van der Waals surface area (Å²) in [6.07, 6.45) is 8.49. The van der Waals surface area contributed by atoms with Gasteiger partial charge in [-0.15, -0.1) is 0 Å². The van der Waals surface area contributed by atoms with Crippen LogP contribution in [0.5, 0.6) is 0 Å². The lowest BCUT2D eigenvalue weighted by Crippen LogP contribution is -2.46. The van der Waals surface area contributed by atoms with Crippen molar-refractivity contribution in [3.63, 3.8) is 0 Å². The fourth-order valence-corrected chi connectivity index (χ4v) is 4.53. The second kappa shape index (κ2) is 7.87. The van der Waals surface area contributed by atoms with Crippen molar-refractivity contribution < 1.29 is 13.7 Å². The molecule has 6 nitrogen and oxygen atoms in total. The summed E-state index contributed by atoms with van der Waals surface area (Å²) < 4.78 is 18.8. The van der Waals surface area contributed by atoms with E-state index in [9.17, 15) is 9.18 Å². The molecule has 0 atom stereocenters. The lowest BCUT2D eigenvalue weighted by atomic mass is 9.73. The van der Waals surface area contributed by atoms with Crippen molar-refractivity contribution in [2.45, 2.75) is 44.4 Å². The van der Waals surface area contributed by atoms with Gasteiger partial charge in [-0.3, -0.25) is 9.78 Å². The molecule has 0 unspecified atom stereocenters. The van der Waals surface area contributed by atoms with E-state index in [2.05, 4.69) is 10.1 Å². The zero-order valence-electron chi connectivity index (χ0n) is 17.6. The summed E-state index contributed by atoms with van der Waals surface area (Å²) in [6, 6.07) is 7.97. The first kappa shape index (κ1) is 19.8. The van der Waals surface area contributed by atoms with Crippen LogP contribution in [0.2, 0.25) is 0 Å². The predicted molar refractivity (Wildman–Crippen MR) is 113 cm³/mol. The first-order valence-electron chi connectivity index (χ1n) is 10.8. The number of aromatic nitrogens is 3. The topological polar surface area (TPSA) is 72.1 Å². The van der Waals surface area contributed by atoms with Crippen molar-refractivity contribution >= 4 is 5.91 Å². The minimum atomic E-state index is -0.297. The van der Waals surface area contributed by atoms with E-state index < -0.39 is 0 Å². The van der Waals surface area contributed by atoms with Crippen LogP contribution < -0.4 is 0 Å². The number of hydrogen-bond donors (Lipinski definition) is 0. The van der Waals surface area contributed by atoms with Gasteiger partial charge in [0, 0.05) is 36.5 Å². The Morgan fingerprint density at radius 3 is 2.61 bits per heavy atom. The third-order valence-electron chi connectivity index (χ3n) is 6.50. The number of carbonyl (C=O) groups is 1. The molecule has 160 valence electrons. The normalized spacial score (nSPS) is 18.2. The van der Waals surface area contributed by atoms with Gasteiger partial charge in [-0.25, -0.2) is 4.39 Å². The van der Waals surface area contributed by atoms with Crippen molar-refractivity contribution in [3.05, 3.63) is 65.5 Å². The van der Waals surface area contributed by atoms with Gasteiger partial charge in [-0.05, 0) is 68.0 Å². The summed E-state index contributed by atoms with van der Waals surface area (Å²) in [5, 5.41) is 4.34. The Labute approximate surface area is 180 Å². The standard InChI is InChI=1S/C24H25FN4O2/c1-16-12-19(15-26-14-16)22(30)29-10-8-24(9-11-29,13-17-2-3-17)23-27-21(31-28-23)18-4-6-20(25)7-5-18/h4-7,12,14-15,17H,2-3,8-11,13H2,1H3. The number of carbonyl (C=O) groups excluding carboxylic acids is 1. The Balaban J connectivity index is 1.36. The lowest BCUT2D eigenvalue weighted by molar-refractivity contribution is 0.0645. The highest BCUT2D eigenvalue weighted by atomic mass is 19.1. The molecule has 2 aliphatic rings. The second-order valence-electron chi connectivity index (χ2n) is 8.90. The summed E-state index contributed by atoms with van der Waals surface area (Å²) in [5.74, 6) is 1.54. The van der Waals surface area contributed by atoms with Crippen LogP contribution in [0.1, 0.15) is 53.8 Å². The number of benzene rings is 1. The molecule has 5 rings (SSSR count). The van der Waals surface area contributed by atoms with Crippen LogP contribution in [0.4, 0.5) is 4.39 Å². The van der Waals surface area contributed by atoms with Crippen LogP contribution >= 0.6 is 0 Å². The molecule has 0 spiro atoms. The molecule has 1 aliphatic carbocycles. The fraction of sp³-hybridized carbons (Fsp3) is 0.417. The van der Waals surface area contributed by atoms with E-state index in [1.54, 1.807) is 24.5 Å². The Hall–Kier alpha value is -3.09. The molecule has 0 bridgehead atoms. The van der Waals surface area contributed by atoms with Gasteiger partial charge < -0.3 is 9.42 Å². The zero-order chi connectivity index (χ0) is 21.4. The Morgan fingerprint density at radius 1 is 1.19 bits per heavy atom. The Bertz CT molecular complexity index is 1080. The first-order valence-corrected chi connectivity index (χ1v) is 10.8. The summed E-state index contributed by atoms with van der Waals surface area (Å²) in [5.41, 5.74) is 2.13. The van der Waals surface area contributed by atoms with Gasteiger partial charge in [-0.2, -0.15) is 4.98 Å². The number of hydrogen-bond acceptors (Lipinski definition) is 5. The summed E-state index contributed by atoms with van der Waals surface area (Å²) >= 11 is 0. The Kier molecular flexibility index (Phi) is 5.04. The number of pyridine rings is 1. The second-order valence-corrected chi connectivity index (χ2v) is 8.90. The van der Waals surface area contributed by atoms with Crippen LogP contribution in [0, 0.1) is 18.7 Å². The number of amides is 1. The summed E-state index contributed by atoms with van der Waals surface area (Å²) in [6.45, 7) is 3.25. The van der Waals surface area contributed by atoms with Gasteiger partial charge in [0.1, 0.15) is 5.82 Å². The highest BCUT2D eigenvalue weighted by molar-refractivity contribution is 5.94. The minimum Gasteiger partial charge on any atom is -0.339 e. The molecule has 1 saturated carbocycles. The summed E-state index contributed by atoms with van der Waals surface area (Å²) in [7, 11) is 0. The summed E-state index contributed by atoms with van der Waals surface area (Å²) in [4.78, 5) is 23.7. The molecule has 31 heavy (non-hydrogen) atoms. The van der Waals surface area contributed by atoms with E-state index in [4.69, 9.17) is 9.51 Å². The van der Waals surface area contributed by atoms with E-state index in [1.807, 2.05) is 17.9 Å². The van der Waals surface area contributed by atoms with Crippen LogP contribution in [-0.2, 0) is 5.41 Å². The van der Waals surface area contributed by atoms with Crippen molar-refractivity contribution in [3.8, 4) is 11.5 Å². The highest BCUT2D eigenvalue weighted by Gasteiger charge is 2.44. The van der Waals surface area contributed by atoms with Crippen LogP contribution in [0.3, 0.4) is 0 Å². The maximum Gasteiger partial charge on any atom is 0.257 e. The van der Waals surface area contributed by atoms with Gasteiger partial charge in [-0.1, -0.05) is 18.0 Å². The highest BCUT2D eigenvalue weighted by Crippen LogP contribution is 2.47. The molecule has 3 aromatic rings. The van der Waals surface area contributed by atoms with Crippen LogP contribution in [-0.4, -0.2) is 39.0 Å². The maximum absolute atomic E-state index is 13.3. The first-order chi connectivity index (χ1) is 15.0. The zero-order valence-corrected chi connectivity index (χ0v) is 17.6. The van der Waals surface area contributed by atoms with Gasteiger partial charge in [0.25, 0.3) is 11.8 Å². The fourth-order valence-electron chi connectivity index (χ4n) is 4.53. The Morgan fingerprint density at radius 2 is 1.94 bits per heavy atom. The molecule has 3 heterocycles. The molecule has 0 N–H and O–H groups in total. The number of nitrogens with zero attached hydrogens (tertiary/aromatic N) is 4. The number of likely N-dealkylation sites (tertiary alicyclic amines) is 1. The number of halogens is 1. The number of aryl methyl sites for hydroxylation is 1. The molecule has 2 aromatic heterocycles. The van der Waals surface area contributed by atoms with Crippen molar-refractivity contribution in [2.75, 3.05) is 13.1 Å². The quantitative estimate of drug-likeness (QED) is 0.605. The molecule has 1 aromatic carbocycles. The average molecular weight is 420 g/mol. The number of piperidine rings is 1. The smallest absolute Gasteiger partial charge is 0.257 e. The van der Waals surface area contributed by atoms with Gasteiger partial charge in [0.15, 0.2) is 5.82 Å². The van der Waals surface area contributed by atoms with Gasteiger partial charge in [0.2, 0.25) is 0 Å². The SMILES string of the molecule is Cc1cncc(C(=O)N2CCC(CC3CC3)(c3noc(-c4ccc(F)cc4)n3)CC2)c1. The predicted octanol–water partition coefficient (Wildman–Crippen LogP) is 4.55.